The minimum Gasteiger partial charge on any atom is -0.396 e. The van der Waals surface area contributed by atoms with Gasteiger partial charge in [0.15, 0.2) is 0 Å². The highest BCUT2D eigenvalue weighted by Crippen LogP contribution is 2.16. The molecule has 0 heterocycles. The number of aliphatic hydroxyl groups is 1. The Morgan fingerprint density at radius 3 is 2.92 bits per heavy atom. The van der Waals surface area contributed by atoms with Gasteiger partial charge >= 0.3 is 0 Å². The lowest BCUT2D eigenvalue weighted by molar-refractivity contribution is 0.303. The monoisotopic (exact) mass is 196 g/mol. The van der Waals surface area contributed by atoms with E-state index in [1.165, 1.54) is 5.56 Å². The number of hydrogen-bond donors (Lipinski definition) is 1. The molecule has 0 radical (unpaired) electrons. The molecule has 1 N–H and O–H groups in total. The van der Waals surface area contributed by atoms with Crippen LogP contribution < -0.4 is 0 Å². The van der Waals surface area contributed by atoms with E-state index in [0.29, 0.717) is 6.42 Å². The molecule has 0 saturated carbocycles. The quantitative estimate of drug-likeness (QED) is 0.788. The van der Waals surface area contributed by atoms with Crippen LogP contribution in [0.25, 0.3) is 6.08 Å². The van der Waals surface area contributed by atoms with Crippen molar-refractivity contribution in [3.63, 3.8) is 0 Å². The second-order valence-electron chi connectivity index (χ2n) is 2.92. The lowest BCUT2D eigenvalue weighted by Crippen LogP contribution is -1.81. The van der Waals surface area contributed by atoms with E-state index >= 15 is 0 Å². The molecule has 1 rings (SSSR count). The minimum atomic E-state index is 0.191. The van der Waals surface area contributed by atoms with Crippen molar-refractivity contribution >= 4 is 17.7 Å². The summed E-state index contributed by atoms with van der Waals surface area (Å²) in [5, 5.41) is 9.34. The SMILES string of the molecule is Cc1ccc(Cl)cc1C=CCCO. The summed E-state index contributed by atoms with van der Waals surface area (Å²) in [6.07, 6.45) is 4.61. The van der Waals surface area contributed by atoms with Gasteiger partial charge in [-0.1, -0.05) is 29.8 Å². The van der Waals surface area contributed by atoms with Crippen LogP contribution in [0.3, 0.4) is 0 Å². The number of rotatable bonds is 3. The Bertz CT molecular complexity index is 305. The Kier molecular flexibility index (Phi) is 4.00. The third-order valence-electron chi connectivity index (χ3n) is 1.83. The van der Waals surface area contributed by atoms with Crippen molar-refractivity contribution in [2.24, 2.45) is 0 Å². The Balaban J connectivity index is 2.81. The van der Waals surface area contributed by atoms with Gasteiger partial charge in [0, 0.05) is 11.6 Å². The van der Waals surface area contributed by atoms with Crippen LogP contribution in [0.1, 0.15) is 17.5 Å². The molecule has 70 valence electrons. The third-order valence-corrected chi connectivity index (χ3v) is 2.07. The van der Waals surface area contributed by atoms with Crippen LogP contribution in [-0.4, -0.2) is 11.7 Å². The molecule has 1 nitrogen and oxygen atoms in total. The van der Waals surface area contributed by atoms with Crippen LogP contribution in [-0.2, 0) is 0 Å². The number of hydrogen-bond acceptors (Lipinski definition) is 1. The van der Waals surface area contributed by atoms with Gasteiger partial charge in [-0.3, -0.25) is 0 Å². The molecule has 0 saturated heterocycles. The second-order valence-corrected chi connectivity index (χ2v) is 3.35. The maximum Gasteiger partial charge on any atom is 0.0465 e. The van der Waals surface area contributed by atoms with Gasteiger partial charge in [0.25, 0.3) is 0 Å². The Morgan fingerprint density at radius 2 is 2.23 bits per heavy atom. The summed E-state index contributed by atoms with van der Waals surface area (Å²) in [6, 6.07) is 5.78. The van der Waals surface area contributed by atoms with E-state index < -0.39 is 0 Å². The summed E-state index contributed by atoms with van der Waals surface area (Å²) in [5.74, 6) is 0. The summed E-state index contributed by atoms with van der Waals surface area (Å²) in [6.45, 7) is 2.23. The fourth-order valence-electron chi connectivity index (χ4n) is 1.08. The number of aryl methyl sites for hydroxylation is 1. The highest BCUT2D eigenvalue weighted by Gasteiger charge is 1.94. The molecule has 13 heavy (non-hydrogen) atoms. The van der Waals surface area contributed by atoms with Crippen molar-refractivity contribution < 1.29 is 5.11 Å². The first-order chi connectivity index (χ1) is 6.24. The van der Waals surface area contributed by atoms with E-state index in [1.807, 2.05) is 37.3 Å². The predicted octanol–water partition coefficient (Wildman–Crippen LogP) is 3.04. The molecular formula is C11H13ClO. The van der Waals surface area contributed by atoms with E-state index in [-0.39, 0.29) is 6.61 Å². The van der Waals surface area contributed by atoms with Crippen LogP contribution >= 0.6 is 11.6 Å². The van der Waals surface area contributed by atoms with Gasteiger partial charge in [-0.15, -0.1) is 0 Å². The van der Waals surface area contributed by atoms with Gasteiger partial charge in [0.2, 0.25) is 0 Å². The largest absolute Gasteiger partial charge is 0.396 e. The zero-order valence-electron chi connectivity index (χ0n) is 7.63. The molecule has 0 aliphatic heterocycles. The molecule has 0 aliphatic rings. The lowest BCUT2D eigenvalue weighted by atomic mass is 10.1. The number of halogens is 1. The third kappa shape index (κ3) is 3.21. The number of aliphatic hydroxyl groups excluding tert-OH is 1. The van der Waals surface area contributed by atoms with Crippen molar-refractivity contribution in [3.05, 3.63) is 40.4 Å². The summed E-state index contributed by atoms with van der Waals surface area (Å²) in [5.41, 5.74) is 2.31. The summed E-state index contributed by atoms with van der Waals surface area (Å²) in [7, 11) is 0. The lowest BCUT2D eigenvalue weighted by Gasteiger charge is -1.99. The van der Waals surface area contributed by atoms with E-state index in [0.717, 1.165) is 10.6 Å². The average molecular weight is 197 g/mol. The Labute approximate surface area is 83.7 Å². The maximum atomic E-state index is 8.59. The number of benzene rings is 1. The van der Waals surface area contributed by atoms with Crippen LogP contribution in [0, 0.1) is 6.92 Å². The van der Waals surface area contributed by atoms with Crippen LogP contribution in [0.4, 0.5) is 0 Å². The normalized spacial score (nSPS) is 11.0. The van der Waals surface area contributed by atoms with Gasteiger partial charge in [0.05, 0.1) is 0 Å². The molecule has 0 amide bonds. The summed E-state index contributed by atoms with van der Waals surface area (Å²) >= 11 is 5.85. The first-order valence-corrected chi connectivity index (χ1v) is 4.65. The molecule has 1 aromatic carbocycles. The molecule has 1 aromatic rings. The standard InChI is InChI=1S/C11H13ClO/c1-9-5-6-11(12)8-10(9)4-2-3-7-13/h2,4-6,8,13H,3,7H2,1H3. The Hall–Kier alpha value is -0.790. The smallest absolute Gasteiger partial charge is 0.0465 e. The zero-order chi connectivity index (χ0) is 9.68. The summed E-state index contributed by atoms with van der Waals surface area (Å²) < 4.78 is 0. The van der Waals surface area contributed by atoms with Gasteiger partial charge < -0.3 is 5.11 Å². The first-order valence-electron chi connectivity index (χ1n) is 4.27. The molecule has 0 spiro atoms. The Morgan fingerprint density at radius 1 is 1.46 bits per heavy atom. The molecule has 0 aliphatic carbocycles. The predicted molar refractivity (Wildman–Crippen MR) is 56.9 cm³/mol. The summed E-state index contributed by atoms with van der Waals surface area (Å²) in [4.78, 5) is 0. The van der Waals surface area contributed by atoms with Crippen molar-refractivity contribution in [2.75, 3.05) is 6.61 Å². The zero-order valence-corrected chi connectivity index (χ0v) is 8.38. The van der Waals surface area contributed by atoms with Crippen molar-refractivity contribution in [2.45, 2.75) is 13.3 Å². The molecule has 0 atom stereocenters. The second kappa shape index (κ2) is 5.05. The maximum absolute atomic E-state index is 8.59. The van der Waals surface area contributed by atoms with E-state index in [1.54, 1.807) is 0 Å². The molecule has 2 heteroatoms. The van der Waals surface area contributed by atoms with Gasteiger partial charge in [-0.25, -0.2) is 0 Å². The van der Waals surface area contributed by atoms with Crippen molar-refractivity contribution in [1.29, 1.82) is 0 Å². The average Bonchev–Trinajstić information content (AvgIpc) is 2.11. The van der Waals surface area contributed by atoms with Gasteiger partial charge in [0.1, 0.15) is 0 Å². The topological polar surface area (TPSA) is 20.2 Å². The van der Waals surface area contributed by atoms with E-state index in [4.69, 9.17) is 16.7 Å². The van der Waals surface area contributed by atoms with Crippen LogP contribution in [0.5, 0.6) is 0 Å². The molecular weight excluding hydrogens is 184 g/mol. The van der Waals surface area contributed by atoms with Crippen LogP contribution in [0.2, 0.25) is 5.02 Å². The highest BCUT2D eigenvalue weighted by molar-refractivity contribution is 6.30. The van der Waals surface area contributed by atoms with Gasteiger partial charge in [-0.2, -0.15) is 0 Å². The minimum absolute atomic E-state index is 0.191. The fraction of sp³-hybridized carbons (Fsp3) is 0.273. The van der Waals surface area contributed by atoms with E-state index in [9.17, 15) is 0 Å². The highest BCUT2D eigenvalue weighted by atomic mass is 35.5. The molecule has 0 fully saturated rings. The van der Waals surface area contributed by atoms with Crippen molar-refractivity contribution in [1.82, 2.24) is 0 Å². The van der Waals surface area contributed by atoms with Crippen molar-refractivity contribution in [3.8, 4) is 0 Å². The molecule has 0 aromatic heterocycles. The van der Waals surface area contributed by atoms with Gasteiger partial charge in [-0.05, 0) is 36.6 Å². The molecule has 0 unspecified atom stereocenters. The fourth-order valence-corrected chi connectivity index (χ4v) is 1.26. The molecule has 0 bridgehead atoms. The van der Waals surface area contributed by atoms with E-state index in [2.05, 4.69) is 0 Å². The van der Waals surface area contributed by atoms with Crippen LogP contribution in [0.15, 0.2) is 24.3 Å². The first kappa shape index (κ1) is 10.3.